The van der Waals surface area contributed by atoms with Crippen LogP contribution in [0.3, 0.4) is 0 Å². The molecule has 1 aromatic carbocycles. The van der Waals surface area contributed by atoms with Crippen molar-refractivity contribution < 1.29 is 23.5 Å². The number of morpholine rings is 1. The van der Waals surface area contributed by atoms with Crippen LogP contribution < -0.4 is 16.0 Å². The van der Waals surface area contributed by atoms with Gasteiger partial charge in [-0.3, -0.25) is 19.3 Å². The number of halogens is 1. The third kappa shape index (κ3) is 5.22. The van der Waals surface area contributed by atoms with E-state index in [-0.39, 0.29) is 18.2 Å². The van der Waals surface area contributed by atoms with Crippen LogP contribution in [0.1, 0.15) is 32.1 Å². The van der Waals surface area contributed by atoms with Crippen molar-refractivity contribution in [2.24, 2.45) is 17.6 Å². The van der Waals surface area contributed by atoms with Crippen LogP contribution in [0.15, 0.2) is 18.2 Å². The fraction of sp³-hybridized carbons (Fsp3) is 0.591. The average Bonchev–Trinajstić information content (AvgIpc) is 3.50. The van der Waals surface area contributed by atoms with Crippen LogP contribution in [0.25, 0.3) is 0 Å². The largest absolute Gasteiger partial charge is 0.370 e. The number of anilines is 2. The summed E-state index contributed by atoms with van der Waals surface area (Å²) in [4.78, 5) is 40.5. The molecule has 168 valence electrons. The van der Waals surface area contributed by atoms with Crippen molar-refractivity contribution in [3.63, 3.8) is 0 Å². The number of hydrogen-bond acceptors (Lipinski definition) is 5. The maximum Gasteiger partial charge on any atom is 0.253 e. The highest BCUT2D eigenvalue weighted by Gasteiger charge is 2.37. The van der Waals surface area contributed by atoms with E-state index in [4.69, 9.17) is 10.5 Å². The lowest BCUT2D eigenvalue weighted by Gasteiger charge is -2.35. The summed E-state index contributed by atoms with van der Waals surface area (Å²) in [5.74, 6) is -1.33. The number of amides is 3. The summed E-state index contributed by atoms with van der Waals surface area (Å²) in [5.41, 5.74) is 5.96. The van der Waals surface area contributed by atoms with Gasteiger partial charge in [-0.15, -0.1) is 0 Å². The maximum atomic E-state index is 14.7. The summed E-state index contributed by atoms with van der Waals surface area (Å²) >= 11 is 0. The summed E-state index contributed by atoms with van der Waals surface area (Å²) in [5, 5.41) is 2.53. The van der Waals surface area contributed by atoms with E-state index in [1.807, 2.05) is 4.90 Å². The number of rotatable bonds is 9. The predicted molar refractivity (Wildman–Crippen MR) is 113 cm³/mol. The molecule has 0 unspecified atom stereocenters. The zero-order valence-corrected chi connectivity index (χ0v) is 17.5. The minimum atomic E-state index is -1.14. The Morgan fingerprint density at radius 1 is 1.23 bits per heavy atom. The molecule has 1 atom stereocenters. The molecule has 3 aliphatic rings. The standard InChI is InChI=1S/C22H29FN4O4/c23-17-10-16(27-8-9-31-13-19(27)28)6-7-18(17)25-22(30)20(21(24)29)26(12-15-4-5-15)11-14-2-1-3-14/h6-7,10,14-15,20H,1-5,8-9,11-13H2,(H2,24,29)(H,25,30)/t20-/m1/s1. The second-order valence-corrected chi connectivity index (χ2v) is 8.75. The Labute approximate surface area is 180 Å². The molecule has 31 heavy (non-hydrogen) atoms. The number of carbonyl (C=O) groups excluding carboxylic acids is 3. The fourth-order valence-corrected chi connectivity index (χ4v) is 4.16. The van der Waals surface area contributed by atoms with Gasteiger partial charge < -0.3 is 20.7 Å². The molecule has 0 radical (unpaired) electrons. The lowest BCUT2D eigenvalue weighted by Crippen LogP contribution is -2.54. The first-order chi connectivity index (χ1) is 14.9. The summed E-state index contributed by atoms with van der Waals surface area (Å²) < 4.78 is 19.8. The molecule has 0 bridgehead atoms. The van der Waals surface area contributed by atoms with Crippen molar-refractivity contribution in [1.29, 1.82) is 0 Å². The molecule has 0 spiro atoms. The number of hydrogen-bond donors (Lipinski definition) is 2. The van der Waals surface area contributed by atoms with Gasteiger partial charge in [0.25, 0.3) is 11.8 Å². The number of benzene rings is 1. The van der Waals surface area contributed by atoms with Gasteiger partial charge in [0.05, 0.1) is 12.3 Å². The van der Waals surface area contributed by atoms with Gasteiger partial charge >= 0.3 is 0 Å². The molecule has 1 aliphatic heterocycles. The summed E-state index contributed by atoms with van der Waals surface area (Å²) in [6.07, 6.45) is 5.52. The molecule has 0 aromatic heterocycles. The van der Waals surface area contributed by atoms with Gasteiger partial charge in [-0.05, 0) is 55.7 Å². The van der Waals surface area contributed by atoms with Gasteiger partial charge in [0.15, 0.2) is 6.04 Å². The smallest absolute Gasteiger partial charge is 0.253 e. The number of carbonyl (C=O) groups is 3. The van der Waals surface area contributed by atoms with E-state index >= 15 is 0 Å². The van der Waals surface area contributed by atoms with E-state index in [9.17, 15) is 18.8 Å². The second-order valence-electron chi connectivity index (χ2n) is 8.75. The number of nitrogens with one attached hydrogen (secondary N) is 1. The molecule has 3 N–H and O–H groups in total. The Hall–Kier alpha value is -2.52. The SMILES string of the molecule is NC(=O)[C@H](C(=O)Nc1ccc(N2CCOCC2=O)cc1F)N(CC1CCC1)CC1CC1. The minimum Gasteiger partial charge on any atom is -0.370 e. The molecule has 8 nitrogen and oxygen atoms in total. The van der Waals surface area contributed by atoms with Gasteiger partial charge in [-0.1, -0.05) is 6.42 Å². The molecule has 1 saturated heterocycles. The molecule has 9 heteroatoms. The zero-order valence-electron chi connectivity index (χ0n) is 17.5. The van der Waals surface area contributed by atoms with Crippen molar-refractivity contribution in [3.8, 4) is 0 Å². The van der Waals surface area contributed by atoms with Crippen LogP contribution in [0, 0.1) is 17.7 Å². The monoisotopic (exact) mass is 432 g/mol. The number of nitrogens with two attached hydrogens (primary N) is 1. The predicted octanol–water partition coefficient (Wildman–Crippen LogP) is 1.49. The van der Waals surface area contributed by atoms with E-state index < -0.39 is 23.7 Å². The highest BCUT2D eigenvalue weighted by Crippen LogP contribution is 2.33. The fourth-order valence-electron chi connectivity index (χ4n) is 4.16. The molecular formula is C22H29FN4O4. The third-order valence-corrected chi connectivity index (χ3v) is 6.30. The Morgan fingerprint density at radius 2 is 1.94 bits per heavy atom. The lowest BCUT2D eigenvalue weighted by atomic mass is 9.84. The average molecular weight is 432 g/mol. The van der Waals surface area contributed by atoms with Crippen molar-refractivity contribution >= 4 is 29.1 Å². The van der Waals surface area contributed by atoms with Gasteiger partial charge in [0, 0.05) is 25.3 Å². The van der Waals surface area contributed by atoms with Gasteiger partial charge in [-0.2, -0.15) is 0 Å². The molecular weight excluding hydrogens is 403 g/mol. The Bertz CT molecular complexity index is 856. The quantitative estimate of drug-likeness (QED) is 0.576. The van der Waals surface area contributed by atoms with Gasteiger partial charge in [0.1, 0.15) is 12.4 Å². The van der Waals surface area contributed by atoms with E-state index in [2.05, 4.69) is 5.32 Å². The van der Waals surface area contributed by atoms with Crippen molar-refractivity contribution in [2.45, 2.75) is 38.1 Å². The first kappa shape index (κ1) is 21.7. The van der Waals surface area contributed by atoms with E-state index in [0.29, 0.717) is 43.8 Å². The van der Waals surface area contributed by atoms with Crippen LogP contribution in [0.2, 0.25) is 0 Å². The molecule has 2 aliphatic carbocycles. The number of nitrogens with zero attached hydrogens (tertiary/aromatic N) is 2. The maximum absolute atomic E-state index is 14.7. The van der Waals surface area contributed by atoms with Crippen LogP contribution in [-0.4, -0.2) is 61.5 Å². The Balaban J connectivity index is 1.47. The van der Waals surface area contributed by atoms with E-state index in [0.717, 1.165) is 25.7 Å². The molecule has 1 aromatic rings. The second kappa shape index (κ2) is 9.32. The Morgan fingerprint density at radius 3 is 2.48 bits per heavy atom. The van der Waals surface area contributed by atoms with Crippen LogP contribution in [0.5, 0.6) is 0 Å². The third-order valence-electron chi connectivity index (χ3n) is 6.30. The van der Waals surface area contributed by atoms with Crippen molar-refractivity contribution in [2.75, 3.05) is 43.1 Å². The lowest BCUT2D eigenvalue weighted by molar-refractivity contribution is -0.133. The first-order valence-electron chi connectivity index (χ1n) is 10.9. The van der Waals surface area contributed by atoms with Crippen LogP contribution in [-0.2, 0) is 19.1 Å². The topological polar surface area (TPSA) is 105 Å². The Kier molecular flexibility index (Phi) is 6.52. The molecule has 3 amide bonds. The normalized spacial score (nSPS) is 20.5. The summed E-state index contributed by atoms with van der Waals surface area (Å²) in [6, 6.07) is 3.04. The van der Waals surface area contributed by atoms with Gasteiger partial charge in [0.2, 0.25) is 5.91 Å². The van der Waals surface area contributed by atoms with Crippen LogP contribution >= 0.6 is 0 Å². The molecule has 3 fully saturated rings. The molecule has 4 rings (SSSR count). The van der Waals surface area contributed by atoms with Crippen molar-refractivity contribution in [1.82, 2.24) is 4.90 Å². The zero-order chi connectivity index (χ0) is 22.0. The highest BCUT2D eigenvalue weighted by atomic mass is 19.1. The molecule has 1 heterocycles. The summed E-state index contributed by atoms with van der Waals surface area (Å²) in [7, 11) is 0. The minimum absolute atomic E-state index is 0.0434. The highest BCUT2D eigenvalue weighted by molar-refractivity contribution is 6.09. The van der Waals surface area contributed by atoms with Gasteiger partial charge in [-0.25, -0.2) is 4.39 Å². The number of primary amides is 1. The first-order valence-corrected chi connectivity index (χ1v) is 10.9. The van der Waals surface area contributed by atoms with Crippen LogP contribution in [0.4, 0.5) is 15.8 Å². The summed E-state index contributed by atoms with van der Waals surface area (Å²) in [6.45, 7) is 1.98. The van der Waals surface area contributed by atoms with E-state index in [1.54, 1.807) is 6.07 Å². The molecule has 2 saturated carbocycles. The van der Waals surface area contributed by atoms with Crippen molar-refractivity contribution in [3.05, 3.63) is 24.0 Å². The van der Waals surface area contributed by atoms with E-state index in [1.165, 1.54) is 23.5 Å². The number of ether oxygens (including phenoxy) is 1.